The molecule has 1 heterocycles. The van der Waals surface area contributed by atoms with Crippen LogP contribution in [0.3, 0.4) is 0 Å². The van der Waals surface area contributed by atoms with Gasteiger partial charge in [-0.3, -0.25) is 4.68 Å². The summed E-state index contributed by atoms with van der Waals surface area (Å²) in [5.74, 6) is 0. The van der Waals surface area contributed by atoms with Crippen LogP contribution in [0.2, 0.25) is 0 Å². The Morgan fingerprint density at radius 2 is 2.06 bits per heavy atom. The molecule has 3 nitrogen and oxygen atoms in total. The van der Waals surface area contributed by atoms with Gasteiger partial charge in [-0.15, -0.1) is 0 Å². The molecule has 1 N–H and O–H groups in total. The first-order valence-electron chi connectivity index (χ1n) is 6.17. The molecule has 0 unspecified atom stereocenters. The highest BCUT2D eigenvalue weighted by Gasteiger charge is 2.07. The summed E-state index contributed by atoms with van der Waals surface area (Å²) in [7, 11) is 0. The van der Waals surface area contributed by atoms with E-state index in [-0.39, 0.29) is 0 Å². The highest BCUT2D eigenvalue weighted by molar-refractivity contribution is 9.10. The number of halogens is 1. The molecular weight excluding hydrogens is 290 g/mol. The fourth-order valence-corrected chi connectivity index (χ4v) is 2.28. The van der Waals surface area contributed by atoms with Crippen molar-refractivity contribution < 1.29 is 0 Å². The Morgan fingerprint density at radius 1 is 1.28 bits per heavy atom. The molecule has 0 atom stereocenters. The van der Waals surface area contributed by atoms with E-state index in [1.54, 1.807) is 0 Å². The van der Waals surface area contributed by atoms with E-state index in [0.29, 0.717) is 0 Å². The number of hydrogen-bond donors (Lipinski definition) is 1. The van der Waals surface area contributed by atoms with E-state index in [1.165, 1.54) is 16.8 Å². The molecule has 96 valence electrons. The second-order valence-electron chi connectivity index (χ2n) is 4.28. The number of nitrogens with zero attached hydrogens (tertiary/aromatic N) is 2. The van der Waals surface area contributed by atoms with Crippen LogP contribution in [0.1, 0.15) is 23.7 Å². The van der Waals surface area contributed by atoms with Gasteiger partial charge in [0, 0.05) is 22.3 Å². The Kier molecular flexibility index (Phi) is 4.55. The molecule has 0 aliphatic carbocycles. The van der Waals surface area contributed by atoms with Gasteiger partial charge in [0.25, 0.3) is 0 Å². The van der Waals surface area contributed by atoms with Crippen molar-refractivity contribution in [3.05, 3.63) is 51.8 Å². The first-order chi connectivity index (χ1) is 8.72. The van der Waals surface area contributed by atoms with Gasteiger partial charge in [0.15, 0.2) is 0 Å². The van der Waals surface area contributed by atoms with Crippen LogP contribution in [0.4, 0.5) is 0 Å². The second kappa shape index (κ2) is 6.16. The summed E-state index contributed by atoms with van der Waals surface area (Å²) in [6, 6.07) is 8.27. The third-order valence-electron chi connectivity index (χ3n) is 3.05. The largest absolute Gasteiger partial charge is 0.313 e. The molecule has 0 fully saturated rings. The van der Waals surface area contributed by atoms with Crippen molar-refractivity contribution in [2.24, 2.45) is 0 Å². The number of nitrogens with one attached hydrogen (secondary N) is 1. The van der Waals surface area contributed by atoms with Gasteiger partial charge in [-0.1, -0.05) is 41.1 Å². The van der Waals surface area contributed by atoms with Gasteiger partial charge in [-0.05, 0) is 25.1 Å². The first kappa shape index (κ1) is 13.3. The predicted molar refractivity (Wildman–Crippen MR) is 77.6 cm³/mol. The van der Waals surface area contributed by atoms with Crippen LogP contribution in [0.5, 0.6) is 0 Å². The molecule has 0 saturated heterocycles. The number of hydrogen-bond acceptors (Lipinski definition) is 2. The first-order valence-corrected chi connectivity index (χ1v) is 6.97. The number of rotatable bonds is 5. The molecule has 0 spiro atoms. The zero-order chi connectivity index (χ0) is 13.0. The van der Waals surface area contributed by atoms with E-state index in [1.807, 2.05) is 16.9 Å². The summed E-state index contributed by atoms with van der Waals surface area (Å²) in [5.41, 5.74) is 3.74. The number of benzene rings is 1. The molecule has 1 aromatic heterocycles. The quantitative estimate of drug-likeness (QED) is 0.920. The van der Waals surface area contributed by atoms with Gasteiger partial charge in [0.2, 0.25) is 0 Å². The van der Waals surface area contributed by atoms with E-state index in [2.05, 4.69) is 58.4 Å². The summed E-state index contributed by atoms with van der Waals surface area (Å²) >= 11 is 3.57. The lowest BCUT2D eigenvalue weighted by atomic mass is 10.2. The Bertz CT molecular complexity index is 520. The Labute approximate surface area is 116 Å². The van der Waals surface area contributed by atoms with Crippen LogP contribution in [0.15, 0.2) is 34.9 Å². The summed E-state index contributed by atoms with van der Waals surface area (Å²) in [6.45, 7) is 6.91. The monoisotopic (exact) mass is 307 g/mol. The third kappa shape index (κ3) is 3.00. The maximum absolute atomic E-state index is 4.46. The minimum Gasteiger partial charge on any atom is -0.313 e. The van der Waals surface area contributed by atoms with Gasteiger partial charge in [0.1, 0.15) is 0 Å². The van der Waals surface area contributed by atoms with Crippen LogP contribution < -0.4 is 5.32 Å². The van der Waals surface area contributed by atoms with Crippen LogP contribution in [0, 0.1) is 6.92 Å². The van der Waals surface area contributed by atoms with Gasteiger partial charge < -0.3 is 5.32 Å². The van der Waals surface area contributed by atoms with Crippen LogP contribution in [-0.4, -0.2) is 16.3 Å². The molecule has 4 heteroatoms. The van der Waals surface area contributed by atoms with Crippen LogP contribution in [-0.2, 0) is 13.1 Å². The summed E-state index contributed by atoms with van der Waals surface area (Å²) in [4.78, 5) is 0. The van der Waals surface area contributed by atoms with Crippen LogP contribution >= 0.6 is 15.9 Å². The van der Waals surface area contributed by atoms with E-state index in [4.69, 9.17) is 0 Å². The van der Waals surface area contributed by atoms with Gasteiger partial charge in [-0.2, -0.15) is 5.10 Å². The smallest absolute Gasteiger partial charge is 0.0673 e. The molecule has 1 aromatic carbocycles. The van der Waals surface area contributed by atoms with Crippen molar-refractivity contribution in [2.45, 2.75) is 26.9 Å². The predicted octanol–water partition coefficient (Wildman–Crippen LogP) is 3.11. The Hall–Kier alpha value is -1.13. The molecule has 0 radical (unpaired) electrons. The molecule has 2 rings (SSSR count). The number of aromatic nitrogens is 2. The molecule has 0 bridgehead atoms. The molecule has 0 amide bonds. The van der Waals surface area contributed by atoms with E-state index in [9.17, 15) is 0 Å². The fourth-order valence-electron chi connectivity index (χ4n) is 1.87. The normalized spacial score (nSPS) is 10.8. The average molecular weight is 308 g/mol. The van der Waals surface area contributed by atoms with E-state index in [0.717, 1.165) is 24.1 Å². The maximum atomic E-state index is 4.46. The zero-order valence-corrected chi connectivity index (χ0v) is 12.4. The van der Waals surface area contributed by atoms with Crippen molar-refractivity contribution in [2.75, 3.05) is 6.54 Å². The summed E-state index contributed by atoms with van der Waals surface area (Å²) in [6.07, 6.45) is 1.95. The highest BCUT2D eigenvalue weighted by atomic mass is 79.9. The van der Waals surface area contributed by atoms with Gasteiger partial charge in [-0.25, -0.2) is 0 Å². The fraction of sp³-hybridized carbons (Fsp3) is 0.357. The zero-order valence-electron chi connectivity index (χ0n) is 10.8. The topological polar surface area (TPSA) is 29.9 Å². The summed E-state index contributed by atoms with van der Waals surface area (Å²) < 4.78 is 3.18. The van der Waals surface area contributed by atoms with Crippen molar-refractivity contribution in [3.63, 3.8) is 0 Å². The van der Waals surface area contributed by atoms with Crippen molar-refractivity contribution >= 4 is 15.9 Å². The van der Waals surface area contributed by atoms with Crippen molar-refractivity contribution in [1.29, 1.82) is 0 Å². The lowest BCUT2D eigenvalue weighted by Crippen LogP contribution is -2.12. The standard InChI is InChI=1S/C14H18BrN3/c1-3-16-8-13-9-17-18(11(13)2)10-12-6-4-5-7-14(12)15/h4-7,9,16H,3,8,10H2,1-2H3. The van der Waals surface area contributed by atoms with E-state index >= 15 is 0 Å². The molecular formula is C14H18BrN3. The highest BCUT2D eigenvalue weighted by Crippen LogP contribution is 2.18. The summed E-state index contributed by atoms with van der Waals surface area (Å²) in [5, 5.41) is 7.79. The van der Waals surface area contributed by atoms with E-state index < -0.39 is 0 Å². The van der Waals surface area contributed by atoms with Crippen molar-refractivity contribution in [3.8, 4) is 0 Å². The molecule has 2 aromatic rings. The van der Waals surface area contributed by atoms with Crippen molar-refractivity contribution in [1.82, 2.24) is 15.1 Å². The lowest BCUT2D eigenvalue weighted by Gasteiger charge is -2.07. The third-order valence-corrected chi connectivity index (χ3v) is 3.82. The molecule has 0 aliphatic heterocycles. The average Bonchev–Trinajstić information content (AvgIpc) is 2.71. The maximum Gasteiger partial charge on any atom is 0.0673 e. The Morgan fingerprint density at radius 3 is 2.78 bits per heavy atom. The van der Waals surface area contributed by atoms with Gasteiger partial charge in [0.05, 0.1) is 12.7 Å². The molecule has 0 aliphatic rings. The molecule has 0 saturated carbocycles. The Balaban J connectivity index is 2.15. The second-order valence-corrected chi connectivity index (χ2v) is 5.14. The van der Waals surface area contributed by atoms with Gasteiger partial charge >= 0.3 is 0 Å². The van der Waals surface area contributed by atoms with Crippen LogP contribution in [0.25, 0.3) is 0 Å². The SMILES string of the molecule is CCNCc1cnn(Cc2ccccc2Br)c1C. The minimum absolute atomic E-state index is 0.805. The lowest BCUT2D eigenvalue weighted by molar-refractivity contribution is 0.657. The molecule has 18 heavy (non-hydrogen) atoms. The minimum atomic E-state index is 0.805.